The molecule has 4 nitrogen and oxygen atoms in total. The van der Waals surface area contributed by atoms with Crippen LogP contribution in [0.1, 0.15) is 36.7 Å². The average Bonchev–Trinajstić information content (AvgIpc) is 2.57. The van der Waals surface area contributed by atoms with Crippen molar-refractivity contribution in [2.24, 2.45) is 0 Å². The molecule has 0 saturated heterocycles. The lowest BCUT2D eigenvalue weighted by molar-refractivity contribution is -0.119. The van der Waals surface area contributed by atoms with Crippen LogP contribution in [0.15, 0.2) is 18.2 Å². The van der Waals surface area contributed by atoms with Gasteiger partial charge in [-0.2, -0.15) is 0 Å². The molecule has 1 aliphatic heterocycles. The Morgan fingerprint density at radius 3 is 2.78 bits per heavy atom. The van der Waals surface area contributed by atoms with Gasteiger partial charge in [0.2, 0.25) is 5.91 Å². The van der Waals surface area contributed by atoms with Gasteiger partial charge in [-0.3, -0.25) is 9.59 Å². The summed E-state index contributed by atoms with van der Waals surface area (Å²) in [6.07, 6.45) is 0. The predicted octanol–water partition coefficient (Wildman–Crippen LogP) is 1.71. The molecule has 0 unspecified atom stereocenters. The molecular formula is C14H18N2O2. The smallest absolute Gasteiger partial charge is 0.234 e. The molecule has 0 radical (unpaired) electrons. The van der Waals surface area contributed by atoms with E-state index in [-0.39, 0.29) is 11.7 Å². The van der Waals surface area contributed by atoms with E-state index >= 15 is 0 Å². The summed E-state index contributed by atoms with van der Waals surface area (Å²) in [4.78, 5) is 23.7. The molecule has 0 saturated carbocycles. The van der Waals surface area contributed by atoms with E-state index in [1.165, 1.54) is 0 Å². The van der Waals surface area contributed by atoms with Gasteiger partial charge in [-0.1, -0.05) is 6.92 Å². The van der Waals surface area contributed by atoms with Crippen LogP contribution in [0.3, 0.4) is 0 Å². The molecule has 2 rings (SSSR count). The van der Waals surface area contributed by atoms with Gasteiger partial charge >= 0.3 is 0 Å². The summed E-state index contributed by atoms with van der Waals surface area (Å²) in [6, 6.07) is 5.40. The van der Waals surface area contributed by atoms with Crippen LogP contribution in [0, 0.1) is 0 Å². The number of ketones is 1. The normalized spacial score (nSPS) is 16.3. The third-order valence-electron chi connectivity index (χ3n) is 3.37. The van der Waals surface area contributed by atoms with Crippen molar-refractivity contribution in [3.63, 3.8) is 0 Å². The van der Waals surface area contributed by atoms with Gasteiger partial charge in [0.1, 0.15) is 0 Å². The molecule has 1 aromatic rings. The zero-order chi connectivity index (χ0) is 13.3. The van der Waals surface area contributed by atoms with E-state index in [0.29, 0.717) is 12.1 Å². The molecule has 96 valence electrons. The lowest BCUT2D eigenvalue weighted by Gasteiger charge is -2.15. The third-order valence-corrected chi connectivity index (χ3v) is 3.37. The van der Waals surface area contributed by atoms with Gasteiger partial charge in [-0.15, -0.1) is 0 Å². The van der Waals surface area contributed by atoms with Gasteiger partial charge < -0.3 is 10.6 Å². The number of hydrogen-bond acceptors (Lipinski definition) is 3. The molecule has 0 bridgehead atoms. The first-order valence-corrected chi connectivity index (χ1v) is 6.16. The van der Waals surface area contributed by atoms with E-state index in [2.05, 4.69) is 10.6 Å². The van der Waals surface area contributed by atoms with Crippen LogP contribution in [-0.4, -0.2) is 24.8 Å². The topological polar surface area (TPSA) is 58.2 Å². The first-order chi connectivity index (χ1) is 8.46. The fourth-order valence-corrected chi connectivity index (χ4v) is 2.09. The maximum Gasteiger partial charge on any atom is 0.234 e. The van der Waals surface area contributed by atoms with E-state index < -0.39 is 5.41 Å². The van der Waals surface area contributed by atoms with Crippen LogP contribution in [0.5, 0.6) is 0 Å². The van der Waals surface area contributed by atoms with E-state index in [9.17, 15) is 9.59 Å². The fraction of sp³-hybridized carbons (Fsp3) is 0.429. The number of likely N-dealkylation sites (N-methyl/N-ethyl adjacent to an activating group) is 1. The second kappa shape index (κ2) is 4.53. The van der Waals surface area contributed by atoms with Gasteiger partial charge in [0.25, 0.3) is 0 Å². The Morgan fingerprint density at radius 1 is 1.39 bits per heavy atom. The first-order valence-electron chi connectivity index (χ1n) is 6.16. The zero-order valence-corrected chi connectivity index (χ0v) is 11.0. The van der Waals surface area contributed by atoms with Crippen LogP contribution in [0.25, 0.3) is 0 Å². The van der Waals surface area contributed by atoms with Crippen molar-refractivity contribution in [3.05, 3.63) is 29.3 Å². The summed E-state index contributed by atoms with van der Waals surface area (Å²) in [7, 11) is 0. The number of fused-ring (bicyclic) bond motifs is 1. The van der Waals surface area contributed by atoms with Gasteiger partial charge in [0.05, 0.1) is 12.0 Å². The highest BCUT2D eigenvalue weighted by molar-refractivity contribution is 6.07. The summed E-state index contributed by atoms with van der Waals surface area (Å²) in [6.45, 7) is 6.79. The van der Waals surface area contributed by atoms with Crippen molar-refractivity contribution in [1.29, 1.82) is 0 Å². The van der Waals surface area contributed by atoms with Crippen molar-refractivity contribution in [2.45, 2.75) is 26.2 Å². The summed E-state index contributed by atoms with van der Waals surface area (Å²) in [5, 5.41) is 5.84. The lowest BCUT2D eigenvalue weighted by atomic mass is 9.85. The molecule has 0 spiro atoms. The number of rotatable bonds is 4. The largest absolute Gasteiger partial charge is 0.325 e. The molecule has 1 aromatic carbocycles. The van der Waals surface area contributed by atoms with Gasteiger partial charge in [0, 0.05) is 11.3 Å². The molecule has 18 heavy (non-hydrogen) atoms. The minimum atomic E-state index is -0.566. The minimum absolute atomic E-state index is 0.0196. The molecular weight excluding hydrogens is 228 g/mol. The number of nitrogens with one attached hydrogen (secondary N) is 2. The van der Waals surface area contributed by atoms with Crippen LogP contribution < -0.4 is 10.6 Å². The fourth-order valence-electron chi connectivity index (χ4n) is 2.09. The summed E-state index contributed by atoms with van der Waals surface area (Å²) < 4.78 is 0. The van der Waals surface area contributed by atoms with Crippen LogP contribution in [-0.2, 0) is 10.2 Å². The average molecular weight is 246 g/mol. The number of amides is 1. The van der Waals surface area contributed by atoms with Crippen molar-refractivity contribution >= 4 is 17.4 Å². The Balaban J connectivity index is 2.31. The SMILES string of the molecule is CCNCC(=O)c1ccc2c(c1)C(C)(C)C(=O)N2. The van der Waals surface area contributed by atoms with E-state index in [1.807, 2.05) is 26.8 Å². The first kappa shape index (κ1) is 12.8. The number of hydrogen-bond donors (Lipinski definition) is 2. The molecule has 4 heteroatoms. The molecule has 1 heterocycles. The van der Waals surface area contributed by atoms with Crippen molar-refractivity contribution < 1.29 is 9.59 Å². The number of benzene rings is 1. The Hall–Kier alpha value is -1.68. The maximum atomic E-state index is 11.9. The molecule has 0 atom stereocenters. The molecule has 0 aliphatic carbocycles. The molecule has 1 aliphatic rings. The number of anilines is 1. The Bertz CT molecular complexity index is 507. The van der Waals surface area contributed by atoms with Crippen molar-refractivity contribution in [1.82, 2.24) is 5.32 Å². The number of carbonyl (C=O) groups is 2. The summed E-state index contributed by atoms with van der Waals surface area (Å²) in [5.41, 5.74) is 1.79. The second-order valence-electron chi connectivity index (χ2n) is 5.04. The second-order valence-corrected chi connectivity index (χ2v) is 5.04. The van der Waals surface area contributed by atoms with Gasteiger partial charge in [-0.05, 0) is 44.2 Å². The quantitative estimate of drug-likeness (QED) is 0.795. The van der Waals surface area contributed by atoms with E-state index in [4.69, 9.17) is 0 Å². The van der Waals surface area contributed by atoms with Gasteiger partial charge in [-0.25, -0.2) is 0 Å². The standard InChI is InChI=1S/C14H18N2O2/c1-4-15-8-12(17)9-5-6-11-10(7-9)14(2,3)13(18)16-11/h5-7,15H,4,8H2,1-3H3,(H,16,18). The monoisotopic (exact) mass is 246 g/mol. The van der Waals surface area contributed by atoms with E-state index in [0.717, 1.165) is 17.8 Å². The Labute approximate surface area is 107 Å². The van der Waals surface area contributed by atoms with Crippen molar-refractivity contribution in [2.75, 3.05) is 18.4 Å². The third kappa shape index (κ3) is 2.04. The number of carbonyl (C=O) groups excluding carboxylic acids is 2. The Morgan fingerprint density at radius 2 is 2.11 bits per heavy atom. The maximum absolute atomic E-state index is 11.9. The predicted molar refractivity (Wildman–Crippen MR) is 71.0 cm³/mol. The van der Waals surface area contributed by atoms with Crippen LogP contribution in [0.2, 0.25) is 0 Å². The van der Waals surface area contributed by atoms with Crippen LogP contribution in [0.4, 0.5) is 5.69 Å². The van der Waals surface area contributed by atoms with Crippen molar-refractivity contribution in [3.8, 4) is 0 Å². The minimum Gasteiger partial charge on any atom is -0.325 e. The zero-order valence-electron chi connectivity index (χ0n) is 11.0. The highest BCUT2D eigenvalue weighted by atomic mass is 16.2. The molecule has 2 N–H and O–H groups in total. The molecule has 1 amide bonds. The van der Waals surface area contributed by atoms with Crippen LogP contribution >= 0.6 is 0 Å². The highest BCUT2D eigenvalue weighted by Gasteiger charge is 2.38. The molecule has 0 fully saturated rings. The summed E-state index contributed by atoms with van der Waals surface area (Å²) >= 11 is 0. The number of Topliss-reactive ketones (excluding diaryl/α,β-unsaturated/α-hetero) is 1. The lowest BCUT2D eigenvalue weighted by Crippen LogP contribution is -2.27. The van der Waals surface area contributed by atoms with Gasteiger partial charge in [0.15, 0.2) is 5.78 Å². The summed E-state index contributed by atoms with van der Waals surface area (Å²) in [5.74, 6) is 0.0311. The Kier molecular flexibility index (Phi) is 3.22. The highest BCUT2D eigenvalue weighted by Crippen LogP contribution is 2.37. The molecule has 0 aromatic heterocycles. The van der Waals surface area contributed by atoms with E-state index in [1.54, 1.807) is 12.1 Å².